The molecule has 4 N–H and O–H groups in total. The molecule has 0 bridgehead atoms. The maximum absolute atomic E-state index is 5.90. The lowest BCUT2D eigenvalue weighted by Crippen LogP contribution is -2.51. The number of aromatic nitrogens is 1. The number of hydrazone groups is 1. The summed E-state index contributed by atoms with van der Waals surface area (Å²) in [4.78, 5) is 8.99. The Hall–Kier alpha value is -2.87. The van der Waals surface area contributed by atoms with E-state index in [0.29, 0.717) is 5.11 Å². The lowest BCUT2D eigenvalue weighted by molar-refractivity contribution is 0.381. The summed E-state index contributed by atoms with van der Waals surface area (Å²) in [6, 6.07) is 10.0. The molecular weight excluding hydrogens is 370 g/mol. The van der Waals surface area contributed by atoms with E-state index < -0.39 is 0 Å². The Morgan fingerprint density at radius 1 is 1.25 bits per heavy atom. The van der Waals surface area contributed by atoms with Gasteiger partial charge in [0.1, 0.15) is 5.69 Å². The van der Waals surface area contributed by atoms with Crippen LogP contribution in [0.5, 0.6) is 0 Å². The van der Waals surface area contributed by atoms with E-state index >= 15 is 0 Å². The normalized spacial score (nSPS) is 17.8. The predicted molar refractivity (Wildman–Crippen MR) is 119 cm³/mol. The number of fused-ring (bicyclic) bond motifs is 1. The van der Waals surface area contributed by atoms with Crippen molar-refractivity contribution < 1.29 is 0 Å². The Bertz CT molecular complexity index is 903. The van der Waals surface area contributed by atoms with Gasteiger partial charge in [0.15, 0.2) is 5.11 Å². The number of rotatable bonds is 2. The van der Waals surface area contributed by atoms with Crippen molar-refractivity contribution in [2.45, 2.75) is 13.3 Å². The van der Waals surface area contributed by atoms with Crippen molar-refractivity contribution in [3.63, 3.8) is 0 Å². The number of benzene rings is 1. The Kier molecular flexibility index (Phi) is 5.29. The van der Waals surface area contributed by atoms with Crippen LogP contribution in [-0.4, -0.2) is 53.4 Å². The van der Waals surface area contributed by atoms with Gasteiger partial charge in [-0.05, 0) is 49.0 Å². The first-order valence-corrected chi connectivity index (χ1v) is 9.94. The highest BCUT2D eigenvalue weighted by molar-refractivity contribution is 7.80. The molecule has 4 rings (SSSR count). The molecule has 28 heavy (non-hydrogen) atoms. The highest BCUT2D eigenvalue weighted by Crippen LogP contribution is 2.23. The van der Waals surface area contributed by atoms with Gasteiger partial charge in [0.05, 0.1) is 11.4 Å². The first kappa shape index (κ1) is 18.5. The summed E-state index contributed by atoms with van der Waals surface area (Å²) in [5.41, 5.74) is 15.0. The van der Waals surface area contributed by atoms with Gasteiger partial charge in [-0.3, -0.25) is 10.4 Å². The van der Waals surface area contributed by atoms with Gasteiger partial charge in [0.25, 0.3) is 0 Å². The van der Waals surface area contributed by atoms with Crippen molar-refractivity contribution in [2.75, 3.05) is 48.7 Å². The third-order valence-corrected chi connectivity index (χ3v) is 5.53. The zero-order valence-corrected chi connectivity index (χ0v) is 16.8. The highest BCUT2D eigenvalue weighted by Gasteiger charge is 2.21. The van der Waals surface area contributed by atoms with Gasteiger partial charge in [-0.2, -0.15) is 5.10 Å². The van der Waals surface area contributed by atoms with Crippen molar-refractivity contribution in [2.24, 2.45) is 5.10 Å². The molecule has 3 heterocycles. The number of nitrogen functional groups attached to an aromatic ring is 1. The summed E-state index contributed by atoms with van der Waals surface area (Å²) < 4.78 is 0. The topological polar surface area (TPSA) is 81.8 Å². The molecule has 8 heteroatoms. The van der Waals surface area contributed by atoms with E-state index in [2.05, 4.69) is 43.6 Å². The fraction of sp³-hybridized carbons (Fsp3) is 0.350. The van der Waals surface area contributed by atoms with Crippen LogP contribution in [0.25, 0.3) is 0 Å². The van der Waals surface area contributed by atoms with Crippen LogP contribution in [0, 0.1) is 6.92 Å². The van der Waals surface area contributed by atoms with E-state index in [-0.39, 0.29) is 0 Å². The predicted octanol–water partition coefficient (Wildman–Crippen LogP) is 2.19. The van der Waals surface area contributed by atoms with Gasteiger partial charge in [0.2, 0.25) is 0 Å². The maximum atomic E-state index is 5.90. The average molecular weight is 396 g/mol. The van der Waals surface area contributed by atoms with E-state index in [1.807, 2.05) is 30.5 Å². The van der Waals surface area contributed by atoms with E-state index in [9.17, 15) is 0 Å². The van der Waals surface area contributed by atoms with Crippen LogP contribution in [0.15, 0.2) is 41.6 Å². The second-order valence-electron chi connectivity index (χ2n) is 7.07. The fourth-order valence-electron chi connectivity index (χ4n) is 3.61. The third-order valence-electron chi connectivity index (χ3n) is 5.18. The number of hydrogen-bond donors (Lipinski definition) is 3. The Balaban J connectivity index is 1.37. The molecule has 1 fully saturated rings. The molecule has 7 nitrogen and oxygen atoms in total. The quantitative estimate of drug-likeness (QED) is 0.408. The molecule has 2 aliphatic heterocycles. The van der Waals surface area contributed by atoms with E-state index in [1.54, 1.807) is 0 Å². The minimum Gasteiger partial charge on any atom is -0.399 e. The van der Waals surface area contributed by atoms with Crippen molar-refractivity contribution in [1.29, 1.82) is 0 Å². The molecule has 0 radical (unpaired) electrons. The highest BCUT2D eigenvalue weighted by atomic mass is 32.1. The smallest absolute Gasteiger partial charge is 0.189 e. The van der Waals surface area contributed by atoms with Crippen LogP contribution in [0.3, 0.4) is 0 Å². The molecule has 1 saturated heterocycles. The van der Waals surface area contributed by atoms with Crippen LogP contribution in [0.1, 0.15) is 17.7 Å². The Morgan fingerprint density at radius 2 is 2.07 bits per heavy atom. The number of nitrogens with zero attached hydrogens (tertiary/aromatic N) is 4. The minimum absolute atomic E-state index is 0.660. The molecule has 1 aromatic heterocycles. The zero-order chi connectivity index (χ0) is 19.5. The summed E-state index contributed by atoms with van der Waals surface area (Å²) in [7, 11) is 0. The molecule has 0 saturated carbocycles. The molecule has 2 aliphatic rings. The number of anilines is 3. The number of nitrogens with two attached hydrogens (primary N) is 1. The first-order chi connectivity index (χ1) is 13.6. The SMILES string of the molecule is Cc1ccnc2c1NCC/C2=N/NC(=S)N1CCN(c2cccc(N)c2)CC1. The molecule has 2 aromatic rings. The number of hydrogen-bond acceptors (Lipinski definition) is 6. The number of aryl methyl sites for hydroxylation is 1. The number of thiocarbonyl (C=S) groups is 1. The summed E-state index contributed by atoms with van der Waals surface area (Å²) in [6.07, 6.45) is 2.65. The molecule has 0 spiro atoms. The van der Waals surface area contributed by atoms with Crippen LogP contribution < -0.4 is 21.4 Å². The van der Waals surface area contributed by atoms with E-state index in [0.717, 1.165) is 67.6 Å². The minimum atomic E-state index is 0.660. The molecule has 146 valence electrons. The van der Waals surface area contributed by atoms with Crippen LogP contribution in [0.2, 0.25) is 0 Å². The summed E-state index contributed by atoms with van der Waals surface area (Å²) in [6.45, 7) is 6.42. The summed E-state index contributed by atoms with van der Waals surface area (Å²) >= 11 is 5.58. The maximum Gasteiger partial charge on any atom is 0.189 e. The van der Waals surface area contributed by atoms with Crippen LogP contribution in [-0.2, 0) is 0 Å². The van der Waals surface area contributed by atoms with Gasteiger partial charge in [0, 0.05) is 56.7 Å². The molecule has 0 amide bonds. The van der Waals surface area contributed by atoms with Crippen molar-refractivity contribution in [1.82, 2.24) is 15.3 Å². The lowest BCUT2D eigenvalue weighted by atomic mass is 10.0. The fourth-order valence-corrected chi connectivity index (χ4v) is 3.84. The second kappa shape index (κ2) is 8.02. The third kappa shape index (κ3) is 3.87. The Morgan fingerprint density at radius 3 is 2.86 bits per heavy atom. The number of pyridine rings is 1. The van der Waals surface area contributed by atoms with Gasteiger partial charge in [-0.15, -0.1) is 0 Å². The molecule has 0 atom stereocenters. The molecule has 1 aromatic carbocycles. The van der Waals surface area contributed by atoms with Crippen molar-refractivity contribution in [3.8, 4) is 0 Å². The number of nitrogens with one attached hydrogen (secondary N) is 2. The zero-order valence-electron chi connectivity index (χ0n) is 16.0. The van der Waals surface area contributed by atoms with Crippen LogP contribution in [0.4, 0.5) is 17.1 Å². The average Bonchev–Trinajstić information content (AvgIpc) is 2.72. The van der Waals surface area contributed by atoms with Gasteiger partial charge >= 0.3 is 0 Å². The van der Waals surface area contributed by atoms with Crippen LogP contribution >= 0.6 is 12.2 Å². The van der Waals surface area contributed by atoms with E-state index in [1.165, 1.54) is 5.56 Å². The summed E-state index contributed by atoms with van der Waals surface area (Å²) in [5, 5.41) is 8.65. The van der Waals surface area contributed by atoms with Crippen molar-refractivity contribution in [3.05, 3.63) is 47.8 Å². The lowest BCUT2D eigenvalue weighted by Gasteiger charge is -2.37. The summed E-state index contributed by atoms with van der Waals surface area (Å²) in [5.74, 6) is 0. The molecule has 0 aliphatic carbocycles. The Labute approximate surface area is 170 Å². The molecule has 0 unspecified atom stereocenters. The number of piperazine rings is 1. The largest absolute Gasteiger partial charge is 0.399 e. The van der Waals surface area contributed by atoms with E-state index in [4.69, 9.17) is 18.0 Å². The van der Waals surface area contributed by atoms with Gasteiger partial charge < -0.3 is 20.9 Å². The van der Waals surface area contributed by atoms with Gasteiger partial charge in [-0.1, -0.05) is 6.07 Å². The second-order valence-corrected chi connectivity index (χ2v) is 7.46. The standard InChI is InChI=1S/C20H25N7S/c1-14-5-7-23-19-17(6-8-22-18(14)19)24-25-20(28)27-11-9-26(10-12-27)16-4-2-3-15(21)13-16/h2-5,7,13,22H,6,8-12,21H2,1H3,(H,25,28)/b24-17-. The van der Waals surface area contributed by atoms with Gasteiger partial charge in [-0.25, -0.2) is 0 Å². The van der Waals surface area contributed by atoms with Crippen molar-refractivity contribution >= 4 is 40.1 Å². The first-order valence-electron chi connectivity index (χ1n) is 9.53. The molecular formula is C20H25N7S. The monoisotopic (exact) mass is 395 g/mol.